The summed E-state index contributed by atoms with van der Waals surface area (Å²) in [5.41, 5.74) is 10.4. The fourth-order valence-electron chi connectivity index (χ4n) is 3.04. The second kappa shape index (κ2) is 9.64. The number of nitrogens with two attached hydrogens (primary N) is 1. The molecule has 0 spiro atoms. The Bertz CT molecular complexity index is 863. The number of benzene rings is 2. The lowest BCUT2D eigenvalue weighted by Crippen LogP contribution is -2.48. The number of hydrazone groups is 1. The van der Waals surface area contributed by atoms with Gasteiger partial charge in [0.05, 0.1) is 6.21 Å². The van der Waals surface area contributed by atoms with Crippen LogP contribution in [0.1, 0.15) is 21.5 Å². The van der Waals surface area contributed by atoms with Crippen molar-refractivity contribution in [3.63, 3.8) is 0 Å². The highest BCUT2D eigenvalue weighted by Crippen LogP contribution is 2.18. The average molecular weight is 416 g/mol. The predicted molar refractivity (Wildman–Crippen MR) is 117 cm³/mol. The van der Waals surface area contributed by atoms with Gasteiger partial charge in [0.1, 0.15) is 0 Å². The third-order valence-electron chi connectivity index (χ3n) is 4.56. The highest BCUT2D eigenvalue weighted by Gasteiger charge is 2.22. The van der Waals surface area contributed by atoms with Gasteiger partial charge in [-0.2, -0.15) is 5.10 Å². The molecule has 0 radical (unpaired) electrons. The molecule has 0 atom stereocenters. The van der Waals surface area contributed by atoms with Crippen LogP contribution in [0.2, 0.25) is 5.02 Å². The van der Waals surface area contributed by atoms with Crippen molar-refractivity contribution in [2.45, 2.75) is 6.54 Å². The number of thiocarbonyl (C=S) groups is 1. The van der Waals surface area contributed by atoms with E-state index < -0.39 is 0 Å². The number of carbonyl (C=O) groups excluding carboxylic acids is 1. The van der Waals surface area contributed by atoms with Crippen molar-refractivity contribution in [1.29, 1.82) is 0 Å². The Kier molecular flexibility index (Phi) is 6.97. The van der Waals surface area contributed by atoms with Crippen LogP contribution in [0.3, 0.4) is 0 Å². The molecule has 1 fully saturated rings. The molecule has 1 aliphatic rings. The van der Waals surface area contributed by atoms with E-state index in [4.69, 9.17) is 17.3 Å². The minimum Gasteiger partial charge on any atom is -0.375 e. The molecule has 1 aliphatic heterocycles. The van der Waals surface area contributed by atoms with E-state index in [1.165, 1.54) is 0 Å². The maximum atomic E-state index is 12.7. The average Bonchev–Trinajstić information content (AvgIpc) is 2.70. The van der Waals surface area contributed by atoms with Gasteiger partial charge in [0.25, 0.3) is 5.91 Å². The van der Waals surface area contributed by atoms with Crippen LogP contribution >= 0.6 is 23.8 Å². The number of carbonyl (C=O) groups is 1. The number of halogens is 1. The van der Waals surface area contributed by atoms with Crippen LogP contribution in [0.5, 0.6) is 0 Å². The summed E-state index contributed by atoms with van der Waals surface area (Å²) in [7, 11) is 0. The Morgan fingerprint density at radius 2 is 1.82 bits per heavy atom. The van der Waals surface area contributed by atoms with Crippen LogP contribution in [0.15, 0.2) is 53.6 Å². The van der Waals surface area contributed by atoms with Crippen LogP contribution in [0, 0.1) is 0 Å². The van der Waals surface area contributed by atoms with Crippen molar-refractivity contribution < 1.29 is 4.79 Å². The Balaban J connectivity index is 1.52. The number of nitrogens with zero attached hydrogens (tertiary/aromatic N) is 3. The molecule has 3 rings (SSSR count). The minimum atomic E-state index is 0.0437. The zero-order valence-corrected chi connectivity index (χ0v) is 16.9. The first-order valence-corrected chi connectivity index (χ1v) is 9.75. The summed E-state index contributed by atoms with van der Waals surface area (Å²) in [5, 5.41) is 4.80. The molecule has 0 unspecified atom stereocenters. The topological polar surface area (TPSA) is 74.0 Å². The van der Waals surface area contributed by atoms with Gasteiger partial charge in [-0.25, -0.2) is 0 Å². The Labute approximate surface area is 175 Å². The van der Waals surface area contributed by atoms with Crippen molar-refractivity contribution in [2.24, 2.45) is 10.8 Å². The van der Waals surface area contributed by atoms with Crippen molar-refractivity contribution in [2.75, 3.05) is 26.2 Å². The van der Waals surface area contributed by atoms with Gasteiger partial charge < -0.3 is 10.6 Å². The van der Waals surface area contributed by atoms with E-state index in [0.29, 0.717) is 18.7 Å². The van der Waals surface area contributed by atoms with E-state index in [9.17, 15) is 4.79 Å². The van der Waals surface area contributed by atoms with Gasteiger partial charge in [0.2, 0.25) is 0 Å². The molecule has 146 valence electrons. The molecule has 0 aromatic heterocycles. The number of nitrogens with one attached hydrogen (secondary N) is 1. The lowest BCUT2D eigenvalue weighted by Gasteiger charge is -2.35. The molecule has 3 N–H and O–H groups in total. The maximum Gasteiger partial charge on any atom is 0.253 e. The maximum absolute atomic E-state index is 12.7. The lowest BCUT2D eigenvalue weighted by molar-refractivity contribution is 0.0628. The Morgan fingerprint density at radius 3 is 2.46 bits per heavy atom. The molecule has 2 aromatic carbocycles. The fourth-order valence-corrected chi connectivity index (χ4v) is 3.29. The van der Waals surface area contributed by atoms with Crippen molar-refractivity contribution >= 4 is 41.1 Å². The quantitative estimate of drug-likeness (QED) is 0.446. The molecule has 0 bridgehead atoms. The SMILES string of the molecule is NC(=S)N/N=C/c1ccc(C(=O)N2CCN(Cc3ccccc3Cl)CC2)cc1. The number of rotatable bonds is 5. The van der Waals surface area contributed by atoms with E-state index in [-0.39, 0.29) is 11.0 Å². The van der Waals surface area contributed by atoms with Crippen LogP contribution in [-0.4, -0.2) is 53.2 Å². The zero-order chi connectivity index (χ0) is 19.9. The summed E-state index contributed by atoms with van der Waals surface area (Å²) in [6.07, 6.45) is 1.60. The molecule has 28 heavy (non-hydrogen) atoms. The number of hydrogen-bond donors (Lipinski definition) is 2. The molecule has 1 heterocycles. The van der Waals surface area contributed by atoms with Crippen LogP contribution < -0.4 is 11.2 Å². The minimum absolute atomic E-state index is 0.0437. The number of piperazine rings is 1. The molecule has 8 heteroatoms. The molecule has 0 saturated carbocycles. The summed E-state index contributed by atoms with van der Waals surface area (Å²) in [5.74, 6) is 0.0437. The first-order valence-electron chi connectivity index (χ1n) is 8.96. The molecule has 2 aromatic rings. The normalized spacial score (nSPS) is 15.0. The molecule has 1 saturated heterocycles. The molecule has 1 amide bonds. The summed E-state index contributed by atoms with van der Waals surface area (Å²) < 4.78 is 0. The fraction of sp³-hybridized carbons (Fsp3) is 0.250. The van der Waals surface area contributed by atoms with Crippen LogP contribution in [0.25, 0.3) is 0 Å². The van der Waals surface area contributed by atoms with E-state index in [2.05, 4.69) is 27.6 Å². The zero-order valence-electron chi connectivity index (χ0n) is 15.3. The molecule has 6 nitrogen and oxygen atoms in total. The van der Waals surface area contributed by atoms with Gasteiger partial charge in [-0.3, -0.25) is 15.1 Å². The number of amides is 1. The summed E-state index contributed by atoms with van der Waals surface area (Å²) >= 11 is 10.9. The Hall–Kier alpha value is -2.48. The third kappa shape index (κ3) is 5.51. The van der Waals surface area contributed by atoms with E-state index in [1.54, 1.807) is 18.3 Å². The van der Waals surface area contributed by atoms with Crippen LogP contribution in [-0.2, 0) is 6.54 Å². The van der Waals surface area contributed by atoms with Crippen molar-refractivity contribution in [3.05, 3.63) is 70.2 Å². The predicted octanol–water partition coefficient (Wildman–Crippen LogP) is 2.47. The highest BCUT2D eigenvalue weighted by molar-refractivity contribution is 7.80. The summed E-state index contributed by atoms with van der Waals surface area (Å²) in [6.45, 7) is 3.85. The Morgan fingerprint density at radius 1 is 1.14 bits per heavy atom. The standard InChI is InChI=1S/C20H22ClN5OS/c21-18-4-2-1-3-17(18)14-25-9-11-26(12-10-25)19(27)16-7-5-15(6-8-16)13-23-24-20(22)28/h1-8,13H,9-12,14H2,(H3,22,24,28)/b23-13+. The van der Waals surface area contributed by atoms with E-state index in [0.717, 1.165) is 35.8 Å². The number of hydrogen-bond acceptors (Lipinski definition) is 4. The second-order valence-corrected chi connectivity index (χ2v) is 7.36. The van der Waals surface area contributed by atoms with Gasteiger partial charge >= 0.3 is 0 Å². The second-order valence-electron chi connectivity index (χ2n) is 6.52. The molecular formula is C20H22ClN5OS. The smallest absolute Gasteiger partial charge is 0.253 e. The van der Waals surface area contributed by atoms with E-state index >= 15 is 0 Å². The largest absolute Gasteiger partial charge is 0.375 e. The van der Waals surface area contributed by atoms with Crippen molar-refractivity contribution in [1.82, 2.24) is 15.2 Å². The lowest BCUT2D eigenvalue weighted by atomic mass is 10.1. The first kappa shape index (κ1) is 20.3. The van der Waals surface area contributed by atoms with Gasteiger partial charge in [0.15, 0.2) is 5.11 Å². The summed E-state index contributed by atoms with van der Waals surface area (Å²) in [6, 6.07) is 15.2. The van der Waals surface area contributed by atoms with E-state index in [1.807, 2.05) is 41.3 Å². The summed E-state index contributed by atoms with van der Waals surface area (Å²) in [4.78, 5) is 16.9. The highest BCUT2D eigenvalue weighted by atomic mass is 35.5. The van der Waals surface area contributed by atoms with Crippen molar-refractivity contribution in [3.8, 4) is 0 Å². The van der Waals surface area contributed by atoms with Crippen LogP contribution in [0.4, 0.5) is 0 Å². The van der Waals surface area contributed by atoms with Gasteiger partial charge in [-0.15, -0.1) is 0 Å². The molecule has 0 aliphatic carbocycles. The first-order chi connectivity index (χ1) is 13.5. The monoisotopic (exact) mass is 415 g/mol. The molecular weight excluding hydrogens is 394 g/mol. The van der Waals surface area contributed by atoms with Gasteiger partial charge in [0, 0.05) is 43.3 Å². The van der Waals surface area contributed by atoms with Gasteiger partial charge in [-0.05, 0) is 41.5 Å². The van der Waals surface area contributed by atoms with Gasteiger partial charge in [-0.1, -0.05) is 41.9 Å². The third-order valence-corrected chi connectivity index (χ3v) is 5.02.